The van der Waals surface area contributed by atoms with Crippen molar-refractivity contribution in [1.29, 1.82) is 0 Å². The molecule has 2 atom stereocenters. The molecular weight excluding hydrogens is 291 g/mol. The predicted octanol–water partition coefficient (Wildman–Crippen LogP) is 1.81. The molecule has 120 valence electrons. The van der Waals surface area contributed by atoms with Crippen molar-refractivity contribution in [2.45, 2.75) is 50.4 Å². The highest BCUT2D eigenvalue weighted by Crippen LogP contribution is 2.35. The minimum absolute atomic E-state index is 0.0918. The van der Waals surface area contributed by atoms with E-state index in [0.717, 1.165) is 4.90 Å². The fourth-order valence-electron chi connectivity index (χ4n) is 3.17. The molecule has 0 aromatic rings. The second-order valence-electron chi connectivity index (χ2n) is 5.56. The number of rotatable bonds is 3. The molecule has 0 aromatic carbocycles. The van der Waals surface area contributed by atoms with Gasteiger partial charge in [-0.05, 0) is 32.1 Å². The van der Waals surface area contributed by atoms with E-state index in [1.54, 1.807) is 0 Å². The van der Waals surface area contributed by atoms with E-state index in [-0.39, 0.29) is 6.42 Å². The zero-order valence-electron chi connectivity index (χ0n) is 11.4. The van der Waals surface area contributed by atoms with Gasteiger partial charge in [0, 0.05) is 25.3 Å². The Balaban J connectivity index is 2.16. The van der Waals surface area contributed by atoms with Crippen molar-refractivity contribution in [3.63, 3.8) is 0 Å². The van der Waals surface area contributed by atoms with Gasteiger partial charge in [-0.15, -0.1) is 0 Å². The van der Waals surface area contributed by atoms with Crippen molar-refractivity contribution in [2.24, 2.45) is 5.92 Å². The fourth-order valence-corrected chi connectivity index (χ4v) is 3.17. The van der Waals surface area contributed by atoms with E-state index in [1.165, 1.54) is 0 Å². The van der Waals surface area contributed by atoms with Gasteiger partial charge < -0.3 is 14.7 Å². The number of alkyl halides is 3. The van der Waals surface area contributed by atoms with Crippen LogP contribution in [0.5, 0.6) is 0 Å². The summed E-state index contributed by atoms with van der Waals surface area (Å²) in [6, 6.07) is -1.17. The molecule has 21 heavy (non-hydrogen) atoms. The number of hydrogen-bond donors (Lipinski definition) is 1. The average Bonchev–Trinajstić information content (AvgIpc) is 2.89. The number of carboxylic acid groups (broad SMARTS) is 1. The Bertz CT molecular complexity index is 407. The van der Waals surface area contributed by atoms with Crippen molar-refractivity contribution in [2.75, 3.05) is 13.2 Å². The molecule has 1 N–H and O–H groups in total. The van der Waals surface area contributed by atoms with Gasteiger partial charge in [-0.2, -0.15) is 13.2 Å². The standard InChI is InChI=1S/C13H18F3NO4/c14-13(15,16)12(20)17(9-3-5-21-6-4-9)10-2-1-8(7-10)11(18)19/h8-10H,1-7H2,(H,18,19)/t8-,10?/m0/s1. The van der Waals surface area contributed by atoms with Crippen molar-refractivity contribution in [3.05, 3.63) is 0 Å². The van der Waals surface area contributed by atoms with Crippen LogP contribution in [0.4, 0.5) is 13.2 Å². The summed E-state index contributed by atoms with van der Waals surface area (Å²) in [5.74, 6) is -3.53. The van der Waals surface area contributed by atoms with Crippen LogP contribution in [-0.4, -0.2) is 53.4 Å². The topological polar surface area (TPSA) is 66.8 Å². The quantitative estimate of drug-likeness (QED) is 0.863. The van der Waals surface area contributed by atoms with Crippen molar-refractivity contribution >= 4 is 11.9 Å². The van der Waals surface area contributed by atoms with Gasteiger partial charge in [0.25, 0.3) is 0 Å². The van der Waals surface area contributed by atoms with E-state index in [4.69, 9.17) is 9.84 Å². The number of carboxylic acids is 1. The summed E-state index contributed by atoms with van der Waals surface area (Å²) in [5, 5.41) is 8.98. The zero-order valence-corrected chi connectivity index (χ0v) is 11.4. The second-order valence-corrected chi connectivity index (χ2v) is 5.56. The maximum Gasteiger partial charge on any atom is 0.471 e. The molecule has 2 aliphatic rings. The van der Waals surface area contributed by atoms with Crippen LogP contribution in [0.25, 0.3) is 0 Å². The lowest BCUT2D eigenvalue weighted by molar-refractivity contribution is -0.192. The number of halogens is 3. The second kappa shape index (κ2) is 6.21. The highest BCUT2D eigenvalue weighted by atomic mass is 19.4. The van der Waals surface area contributed by atoms with Crippen LogP contribution >= 0.6 is 0 Å². The largest absolute Gasteiger partial charge is 0.481 e. The number of carbonyl (C=O) groups is 2. The summed E-state index contributed by atoms with van der Waals surface area (Å²) in [6.45, 7) is 0.642. The van der Waals surface area contributed by atoms with Crippen LogP contribution in [0.15, 0.2) is 0 Å². The van der Waals surface area contributed by atoms with Crippen LogP contribution < -0.4 is 0 Å². The molecule has 1 aliphatic carbocycles. The Morgan fingerprint density at radius 2 is 1.67 bits per heavy atom. The summed E-state index contributed by atoms with van der Waals surface area (Å²) in [6.07, 6.45) is -3.51. The molecule has 0 radical (unpaired) electrons. The third-order valence-corrected chi connectivity index (χ3v) is 4.21. The molecular formula is C13H18F3NO4. The zero-order chi connectivity index (χ0) is 15.6. The van der Waals surface area contributed by atoms with E-state index >= 15 is 0 Å². The van der Waals surface area contributed by atoms with Gasteiger partial charge in [-0.3, -0.25) is 9.59 Å². The molecule has 2 rings (SSSR count). The van der Waals surface area contributed by atoms with Gasteiger partial charge in [-0.25, -0.2) is 0 Å². The number of nitrogens with zero attached hydrogens (tertiary/aromatic N) is 1. The van der Waals surface area contributed by atoms with Gasteiger partial charge in [-0.1, -0.05) is 0 Å². The number of carbonyl (C=O) groups excluding carboxylic acids is 1. The third-order valence-electron chi connectivity index (χ3n) is 4.21. The van der Waals surface area contributed by atoms with Crippen molar-refractivity contribution in [3.8, 4) is 0 Å². The molecule has 0 spiro atoms. The molecule has 1 heterocycles. The first-order valence-electron chi connectivity index (χ1n) is 7.00. The first-order chi connectivity index (χ1) is 9.80. The lowest BCUT2D eigenvalue weighted by Gasteiger charge is -2.38. The number of ether oxygens (including phenoxy) is 1. The molecule has 1 saturated carbocycles. The molecule has 1 aliphatic heterocycles. The van der Waals surface area contributed by atoms with Crippen LogP contribution in [0, 0.1) is 5.92 Å². The third kappa shape index (κ3) is 3.66. The summed E-state index contributed by atoms with van der Waals surface area (Å²) >= 11 is 0. The summed E-state index contributed by atoms with van der Waals surface area (Å²) in [5.41, 5.74) is 0. The SMILES string of the molecule is O=C(O)[C@H]1CCC(N(C(=O)C(F)(F)F)C2CCOCC2)C1. The molecule has 5 nitrogen and oxygen atoms in total. The summed E-state index contributed by atoms with van der Waals surface area (Å²) in [4.78, 5) is 23.6. The predicted molar refractivity (Wildman–Crippen MR) is 65.5 cm³/mol. The number of aliphatic carboxylic acids is 1. The lowest BCUT2D eigenvalue weighted by Crippen LogP contribution is -2.53. The molecule has 2 fully saturated rings. The fraction of sp³-hybridized carbons (Fsp3) is 0.846. The van der Waals surface area contributed by atoms with E-state index in [9.17, 15) is 22.8 Å². The maximum absolute atomic E-state index is 12.8. The Kier molecular flexibility index (Phi) is 4.75. The van der Waals surface area contributed by atoms with Crippen LogP contribution in [0.2, 0.25) is 0 Å². The smallest absolute Gasteiger partial charge is 0.471 e. The monoisotopic (exact) mass is 309 g/mol. The Morgan fingerprint density at radius 3 is 2.14 bits per heavy atom. The Labute approximate surface area is 120 Å². The Morgan fingerprint density at radius 1 is 1.05 bits per heavy atom. The van der Waals surface area contributed by atoms with E-state index in [0.29, 0.717) is 38.9 Å². The first-order valence-corrected chi connectivity index (χ1v) is 7.00. The molecule has 0 aromatic heterocycles. The van der Waals surface area contributed by atoms with Gasteiger partial charge in [0.2, 0.25) is 0 Å². The number of amides is 1. The molecule has 0 bridgehead atoms. The first kappa shape index (κ1) is 16.1. The van der Waals surface area contributed by atoms with Crippen LogP contribution in [0.3, 0.4) is 0 Å². The molecule has 1 amide bonds. The van der Waals surface area contributed by atoms with E-state index < -0.39 is 36.1 Å². The average molecular weight is 309 g/mol. The molecule has 8 heteroatoms. The minimum Gasteiger partial charge on any atom is -0.481 e. The normalized spacial score (nSPS) is 27.6. The van der Waals surface area contributed by atoms with Crippen molar-refractivity contribution < 1.29 is 32.6 Å². The minimum atomic E-state index is -4.93. The van der Waals surface area contributed by atoms with Gasteiger partial charge in [0.05, 0.1) is 5.92 Å². The van der Waals surface area contributed by atoms with Crippen LogP contribution in [-0.2, 0) is 14.3 Å². The van der Waals surface area contributed by atoms with Gasteiger partial charge in [0.1, 0.15) is 0 Å². The summed E-state index contributed by atoms with van der Waals surface area (Å²) in [7, 11) is 0. The molecule has 1 unspecified atom stereocenters. The van der Waals surface area contributed by atoms with Gasteiger partial charge in [0.15, 0.2) is 0 Å². The summed E-state index contributed by atoms with van der Waals surface area (Å²) < 4.78 is 43.6. The van der Waals surface area contributed by atoms with Crippen LogP contribution in [0.1, 0.15) is 32.1 Å². The lowest BCUT2D eigenvalue weighted by atomic mass is 10.0. The highest BCUT2D eigenvalue weighted by Gasteiger charge is 2.48. The Hall–Kier alpha value is -1.31. The maximum atomic E-state index is 12.8. The molecule has 1 saturated heterocycles. The van der Waals surface area contributed by atoms with E-state index in [1.807, 2.05) is 0 Å². The number of hydrogen-bond acceptors (Lipinski definition) is 3. The van der Waals surface area contributed by atoms with Gasteiger partial charge >= 0.3 is 18.1 Å². The van der Waals surface area contributed by atoms with Crippen molar-refractivity contribution in [1.82, 2.24) is 4.90 Å². The van der Waals surface area contributed by atoms with E-state index in [2.05, 4.69) is 0 Å². The highest BCUT2D eigenvalue weighted by molar-refractivity contribution is 5.82.